The summed E-state index contributed by atoms with van der Waals surface area (Å²) < 4.78 is 15.5. The van der Waals surface area contributed by atoms with Crippen LogP contribution in [0, 0.1) is 5.92 Å². The summed E-state index contributed by atoms with van der Waals surface area (Å²) in [5.41, 5.74) is 0.564. The van der Waals surface area contributed by atoms with Gasteiger partial charge in [0, 0.05) is 19.2 Å². The number of ether oxygens (including phenoxy) is 3. The number of benzene rings is 1. The van der Waals surface area contributed by atoms with E-state index in [1.165, 1.54) is 12.8 Å². The maximum Gasteiger partial charge on any atom is 0.307 e. The highest BCUT2D eigenvalue weighted by Crippen LogP contribution is 2.30. The number of hydrogen-bond donors (Lipinski definition) is 1. The van der Waals surface area contributed by atoms with Crippen LogP contribution in [-0.2, 0) is 14.3 Å². The molecule has 0 aliphatic heterocycles. The van der Waals surface area contributed by atoms with Crippen LogP contribution in [0.2, 0.25) is 0 Å². The molecule has 0 aromatic heterocycles. The summed E-state index contributed by atoms with van der Waals surface area (Å²) in [5, 5.41) is 2.87. The molecule has 1 aromatic carbocycles. The summed E-state index contributed by atoms with van der Waals surface area (Å²) in [7, 11) is 3.12. The van der Waals surface area contributed by atoms with Gasteiger partial charge in [0.15, 0.2) is 0 Å². The summed E-state index contributed by atoms with van der Waals surface area (Å²) in [6.45, 7) is 3.71. The Hall–Kier alpha value is -2.28. The van der Waals surface area contributed by atoms with E-state index in [-0.39, 0.29) is 24.8 Å². The van der Waals surface area contributed by atoms with Crippen molar-refractivity contribution in [3.8, 4) is 11.5 Å². The molecule has 7 nitrogen and oxygen atoms in total. The third-order valence-electron chi connectivity index (χ3n) is 4.20. The molecule has 0 radical (unpaired) electrons. The maximum absolute atomic E-state index is 12.5. The zero-order chi connectivity index (χ0) is 18.9. The topological polar surface area (TPSA) is 77.1 Å². The number of esters is 1. The molecule has 1 amide bonds. The van der Waals surface area contributed by atoms with Gasteiger partial charge in [0.2, 0.25) is 5.91 Å². The van der Waals surface area contributed by atoms with Crippen molar-refractivity contribution < 1.29 is 23.8 Å². The molecule has 0 bridgehead atoms. The van der Waals surface area contributed by atoms with E-state index in [2.05, 4.69) is 5.32 Å². The highest BCUT2D eigenvalue weighted by molar-refractivity contribution is 5.94. The Bertz CT molecular complexity index is 616. The van der Waals surface area contributed by atoms with Crippen molar-refractivity contribution in [1.82, 2.24) is 4.90 Å². The third-order valence-corrected chi connectivity index (χ3v) is 4.20. The second-order valence-corrected chi connectivity index (χ2v) is 6.35. The lowest BCUT2D eigenvalue weighted by Crippen LogP contribution is -2.36. The van der Waals surface area contributed by atoms with Crippen LogP contribution < -0.4 is 14.8 Å². The maximum atomic E-state index is 12.5. The van der Waals surface area contributed by atoms with Crippen molar-refractivity contribution in [2.75, 3.05) is 45.8 Å². The molecule has 1 saturated carbocycles. The van der Waals surface area contributed by atoms with Crippen LogP contribution in [0.25, 0.3) is 0 Å². The minimum absolute atomic E-state index is 0.152. The minimum Gasteiger partial charge on any atom is -0.497 e. The number of amides is 1. The molecule has 26 heavy (non-hydrogen) atoms. The molecule has 144 valence electrons. The Kier molecular flexibility index (Phi) is 7.72. The van der Waals surface area contributed by atoms with E-state index >= 15 is 0 Å². The van der Waals surface area contributed by atoms with Gasteiger partial charge < -0.3 is 19.5 Å². The number of nitrogens with zero attached hydrogens (tertiary/aromatic N) is 1. The molecular formula is C19H28N2O5. The molecule has 0 spiro atoms. The van der Waals surface area contributed by atoms with Crippen molar-refractivity contribution in [2.45, 2.75) is 26.2 Å². The van der Waals surface area contributed by atoms with Crippen LogP contribution in [0.15, 0.2) is 18.2 Å². The van der Waals surface area contributed by atoms with Crippen LogP contribution in [-0.4, -0.2) is 57.2 Å². The number of nitrogens with one attached hydrogen (secondary N) is 1. The van der Waals surface area contributed by atoms with Crippen LogP contribution in [0.3, 0.4) is 0 Å². The van der Waals surface area contributed by atoms with Gasteiger partial charge in [0.25, 0.3) is 0 Å². The van der Waals surface area contributed by atoms with Gasteiger partial charge in [-0.2, -0.15) is 0 Å². The summed E-state index contributed by atoms with van der Waals surface area (Å²) >= 11 is 0. The monoisotopic (exact) mass is 364 g/mol. The van der Waals surface area contributed by atoms with Crippen LogP contribution >= 0.6 is 0 Å². The average Bonchev–Trinajstić information content (AvgIpc) is 3.43. The first-order chi connectivity index (χ1) is 12.5. The third kappa shape index (κ3) is 6.55. The lowest BCUT2D eigenvalue weighted by Gasteiger charge is -2.21. The Labute approximate surface area is 154 Å². The molecule has 1 N–H and O–H groups in total. The predicted molar refractivity (Wildman–Crippen MR) is 98.6 cm³/mol. The summed E-state index contributed by atoms with van der Waals surface area (Å²) in [6.07, 6.45) is 2.65. The number of carbonyl (C=O) groups is 2. The first kappa shape index (κ1) is 20.0. The van der Waals surface area contributed by atoms with Crippen molar-refractivity contribution in [3.05, 3.63) is 18.2 Å². The number of hydrogen-bond acceptors (Lipinski definition) is 6. The van der Waals surface area contributed by atoms with Crippen molar-refractivity contribution in [1.29, 1.82) is 0 Å². The highest BCUT2D eigenvalue weighted by Gasteiger charge is 2.26. The standard InChI is InChI=1S/C19H28N2O5/c1-4-26-19(23)9-10-21(12-14-5-6-14)13-18(22)20-16-11-15(24-2)7-8-17(16)25-3/h7-8,11,14H,4-6,9-10,12-13H2,1-3H3,(H,20,22). The molecule has 0 unspecified atom stereocenters. The van der Waals surface area contributed by atoms with Gasteiger partial charge in [0.1, 0.15) is 11.5 Å². The fourth-order valence-corrected chi connectivity index (χ4v) is 2.69. The van der Waals surface area contributed by atoms with Gasteiger partial charge in [0.05, 0.1) is 39.5 Å². The van der Waals surface area contributed by atoms with E-state index in [0.29, 0.717) is 36.3 Å². The van der Waals surface area contributed by atoms with Gasteiger partial charge in [-0.05, 0) is 37.8 Å². The fourth-order valence-electron chi connectivity index (χ4n) is 2.69. The van der Waals surface area contributed by atoms with Crippen LogP contribution in [0.4, 0.5) is 5.69 Å². The second-order valence-electron chi connectivity index (χ2n) is 6.35. The highest BCUT2D eigenvalue weighted by atomic mass is 16.5. The van der Waals surface area contributed by atoms with Gasteiger partial charge in [-0.25, -0.2) is 0 Å². The van der Waals surface area contributed by atoms with Crippen molar-refractivity contribution >= 4 is 17.6 Å². The SMILES string of the molecule is CCOC(=O)CCN(CC(=O)Nc1cc(OC)ccc1OC)CC1CC1. The number of methoxy groups -OCH3 is 2. The molecule has 1 fully saturated rings. The summed E-state index contributed by atoms with van der Waals surface area (Å²) in [6, 6.07) is 5.24. The van der Waals surface area contributed by atoms with Crippen LogP contribution in [0.5, 0.6) is 11.5 Å². The van der Waals surface area contributed by atoms with E-state index in [0.717, 1.165) is 6.54 Å². The van der Waals surface area contributed by atoms with E-state index in [9.17, 15) is 9.59 Å². The van der Waals surface area contributed by atoms with E-state index < -0.39 is 0 Å². The zero-order valence-electron chi connectivity index (χ0n) is 15.7. The first-order valence-electron chi connectivity index (χ1n) is 8.95. The summed E-state index contributed by atoms with van der Waals surface area (Å²) in [4.78, 5) is 26.1. The van der Waals surface area contributed by atoms with Crippen LogP contribution in [0.1, 0.15) is 26.2 Å². The largest absolute Gasteiger partial charge is 0.497 e. The molecular weight excluding hydrogens is 336 g/mol. The Balaban J connectivity index is 1.94. The van der Waals surface area contributed by atoms with Crippen molar-refractivity contribution in [2.24, 2.45) is 5.92 Å². The molecule has 1 aliphatic carbocycles. The van der Waals surface area contributed by atoms with E-state index in [1.807, 2.05) is 4.90 Å². The average molecular weight is 364 g/mol. The number of carbonyl (C=O) groups excluding carboxylic acids is 2. The number of anilines is 1. The Morgan fingerprint density at radius 1 is 1.23 bits per heavy atom. The molecule has 0 atom stereocenters. The van der Waals surface area contributed by atoms with Crippen molar-refractivity contribution in [3.63, 3.8) is 0 Å². The van der Waals surface area contributed by atoms with Gasteiger partial charge in [-0.15, -0.1) is 0 Å². The zero-order valence-corrected chi connectivity index (χ0v) is 15.7. The van der Waals surface area contributed by atoms with E-state index in [1.54, 1.807) is 39.3 Å². The van der Waals surface area contributed by atoms with E-state index in [4.69, 9.17) is 14.2 Å². The molecule has 0 heterocycles. The predicted octanol–water partition coefficient (Wildman–Crippen LogP) is 2.31. The second kappa shape index (κ2) is 10.0. The number of rotatable bonds is 11. The Morgan fingerprint density at radius 2 is 2.00 bits per heavy atom. The summed E-state index contributed by atoms with van der Waals surface area (Å²) in [5.74, 6) is 1.44. The lowest BCUT2D eigenvalue weighted by atomic mass is 10.2. The fraction of sp³-hybridized carbons (Fsp3) is 0.579. The van der Waals surface area contributed by atoms with Gasteiger partial charge >= 0.3 is 5.97 Å². The smallest absolute Gasteiger partial charge is 0.307 e. The molecule has 1 aromatic rings. The first-order valence-corrected chi connectivity index (χ1v) is 8.95. The molecule has 0 saturated heterocycles. The lowest BCUT2D eigenvalue weighted by molar-refractivity contribution is -0.143. The quantitative estimate of drug-likeness (QED) is 0.607. The van der Waals surface area contributed by atoms with Gasteiger partial charge in [-0.1, -0.05) is 0 Å². The molecule has 1 aliphatic rings. The molecule has 2 rings (SSSR count). The minimum atomic E-state index is -0.233. The van der Waals surface area contributed by atoms with Gasteiger partial charge in [-0.3, -0.25) is 14.5 Å². The normalized spacial score (nSPS) is 13.4. The molecule has 7 heteroatoms. The Morgan fingerprint density at radius 3 is 2.62 bits per heavy atom.